The van der Waals surface area contributed by atoms with Gasteiger partial charge in [0.15, 0.2) is 4.90 Å². The van der Waals surface area contributed by atoms with Gasteiger partial charge in [0.1, 0.15) is 17.2 Å². The van der Waals surface area contributed by atoms with E-state index in [4.69, 9.17) is 0 Å². The number of carbonyl (C=O) groups excluding carboxylic acids is 1. The zero-order valence-electron chi connectivity index (χ0n) is 17.7. The van der Waals surface area contributed by atoms with Crippen molar-refractivity contribution >= 4 is 23.1 Å². The molecule has 0 aromatic heterocycles. The summed E-state index contributed by atoms with van der Waals surface area (Å²) in [6.07, 6.45) is 0. The van der Waals surface area contributed by atoms with Gasteiger partial charge >= 0.3 is 6.03 Å². The maximum absolute atomic E-state index is 14.4. The molecule has 29 heavy (non-hydrogen) atoms. The molecule has 1 unspecified atom stereocenters. The van der Waals surface area contributed by atoms with Gasteiger partial charge in [-0.2, -0.15) is 0 Å². The van der Waals surface area contributed by atoms with Crippen molar-refractivity contribution in [1.82, 2.24) is 4.72 Å². The van der Waals surface area contributed by atoms with E-state index >= 15 is 0 Å². The van der Waals surface area contributed by atoms with Crippen LogP contribution >= 0.6 is 0 Å². The molecule has 3 N–H and O–H groups in total. The average molecular weight is 421 g/mol. The molecule has 0 spiro atoms. The van der Waals surface area contributed by atoms with Crippen LogP contribution in [0.3, 0.4) is 0 Å². The van der Waals surface area contributed by atoms with E-state index in [2.05, 4.69) is 10.0 Å². The minimum absolute atomic E-state index is 0.0670. The van der Waals surface area contributed by atoms with Gasteiger partial charge in [-0.15, -0.1) is 4.72 Å². The maximum atomic E-state index is 14.4. The molecule has 0 saturated heterocycles. The molecule has 0 aliphatic heterocycles. The van der Waals surface area contributed by atoms with Crippen LogP contribution < -0.4 is 10.0 Å². The molecule has 5 nitrogen and oxygen atoms in total. The molecule has 0 heterocycles. The summed E-state index contributed by atoms with van der Waals surface area (Å²) in [6.45, 7) is 10.9. The number of aliphatic hydroxyl groups is 1. The molecule has 0 bridgehead atoms. The van der Waals surface area contributed by atoms with Gasteiger partial charge in [0.05, 0.1) is 11.3 Å². The van der Waals surface area contributed by atoms with E-state index in [1.54, 1.807) is 44.2 Å². The van der Waals surface area contributed by atoms with Gasteiger partial charge in [0.25, 0.3) is 0 Å². The fourth-order valence-electron chi connectivity index (χ4n) is 3.07. The van der Waals surface area contributed by atoms with Gasteiger partial charge in [0, 0.05) is 11.6 Å². The summed E-state index contributed by atoms with van der Waals surface area (Å²) >= 11 is -1.84. The number of halogens is 1. The Morgan fingerprint density at radius 1 is 1.14 bits per heavy atom. The Morgan fingerprint density at radius 2 is 1.79 bits per heavy atom. The maximum Gasteiger partial charge on any atom is 0.361 e. The van der Waals surface area contributed by atoms with Crippen molar-refractivity contribution in [3.05, 3.63) is 58.9 Å². The zero-order valence-corrected chi connectivity index (χ0v) is 18.5. The highest BCUT2D eigenvalue weighted by Gasteiger charge is 2.24. The van der Waals surface area contributed by atoms with Crippen LogP contribution in [0.1, 0.15) is 70.1 Å². The predicted molar refractivity (Wildman–Crippen MR) is 115 cm³/mol. The highest BCUT2D eigenvalue weighted by Crippen LogP contribution is 2.34. The highest BCUT2D eigenvalue weighted by molar-refractivity contribution is 7.90. The lowest BCUT2D eigenvalue weighted by Gasteiger charge is -2.21. The summed E-state index contributed by atoms with van der Waals surface area (Å²) < 4.78 is 29.4. The number of carbonyl (C=O) groups is 1. The first-order valence-corrected chi connectivity index (χ1v) is 10.7. The molecule has 0 aliphatic carbocycles. The van der Waals surface area contributed by atoms with Crippen LogP contribution in [0.4, 0.5) is 14.9 Å². The summed E-state index contributed by atoms with van der Waals surface area (Å²) in [5.74, 6) is -0.464. The molecule has 0 aliphatic rings. The first-order chi connectivity index (χ1) is 13.4. The number of nitrogens with one attached hydrogen (secondary N) is 2. The summed E-state index contributed by atoms with van der Waals surface area (Å²) in [7, 11) is 0. The Morgan fingerprint density at radius 3 is 2.34 bits per heavy atom. The number of urea groups is 1. The molecular formula is C22H29FN2O3S. The van der Waals surface area contributed by atoms with E-state index in [0.717, 1.165) is 5.56 Å². The van der Waals surface area contributed by atoms with Crippen molar-refractivity contribution in [3.8, 4) is 0 Å². The lowest BCUT2D eigenvalue weighted by molar-refractivity contribution is 0.0783. The smallest absolute Gasteiger partial charge is 0.361 e. The monoisotopic (exact) mass is 420 g/mol. The second-order valence-corrected chi connectivity index (χ2v) is 9.36. The van der Waals surface area contributed by atoms with Crippen LogP contribution in [0.2, 0.25) is 0 Å². The molecule has 2 aromatic rings. The third-order valence-electron chi connectivity index (χ3n) is 4.60. The van der Waals surface area contributed by atoms with Crippen LogP contribution in [-0.2, 0) is 17.0 Å². The van der Waals surface area contributed by atoms with Gasteiger partial charge in [-0.3, -0.25) is 0 Å². The third-order valence-corrected chi connectivity index (χ3v) is 5.66. The molecule has 1 atom stereocenters. The third kappa shape index (κ3) is 5.72. The van der Waals surface area contributed by atoms with Crippen molar-refractivity contribution in [2.75, 3.05) is 5.32 Å². The fraction of sp³-hybridized carbons (Fsp3) is 0.409. The number of rotatable bonds is 6. The van der Waals surface area contributed by atoms with Gasteiger partial charge in [-0.05, 0) is 48.9 Å². The molecule has 2 aromatic carbocycles. The lowest BCUT2D eigenvalue weighted by Crippen LogP contribution is -2.35. The van der Waals surface area contributed by atoms with Crippen LogP contribution in [0.15, 0.2) is 41.3 Å². The van der Waals surface area contributed by atoms with E-state index in [-0.39, 0.29) is 11.8 Å². The summed E-state index contributed by atoms with van der Waals surface area (Å²) in [4.78, 5) is 12.9. The first-order valence-electron chi connectivity index (χ1n) is 9.56. The Hall–Kier alpha value is -2.09. The number of benzene rings is 2. The minimum Gasteiger partial charge on any atom is -0.588 e. The van der Waals surface area contributed by atoms with Crippen LogP contribution in [-0.4, -0.2) is 15.7 Å². The molecule has 0 saturated carbocycles. The van der Waals surface area contributed by atoms with Gasteiger partial charge in [-0.25, -0.2) is 9.18 Å². The van der Waals surface area contributed by atoms with Gasteiger partial charge in [0.2, 0.25) is 0 Å². The highest BCUT2D eigenvalue weighted by atomic mass is 32.2. The van der Waals surface area contributed by atoms with E-state index in [1.165, 1.54) is 6.07 Å². The summed E-state index contributed by atoms with van der Waals surface area (Å²) in [5.41, 5.74) is 1.12. The second-order valence-electron chi connectivity index (χ2n) is 8.15. The summed E-state index contributed by atoms with van der Waals surface area (Å²) in [6, 6.07) is 8.95. The molecular weight excluding hydrogens is 391 g/mol. The number of amides is 2. The predicted octanol–water partition coefficient (Wildman–Crippen LogP) is 5.14. The van der Waals surface area contributed by atoms with E-state index < -0.39 is 28.8 Å². The molecule has 0 fully saturated rings. The van der Waals surface area contributed by atoms with E-state index in [9.17, 15) is 18.8 Å². The number of hydrogen-bond acceptors (Lipinski definition) is 3. The zero-order chi connectivity index (χ0) is 21.9. The normalized spacial score (nSPS) is 12.9. The molecule has 158 valence electrons. The summed E-state index contributed by atoms with van der Waals surface area (Å²) in [5, 5.41) is 12.8. The van der Waals surface area contributed by atoms with E-state index in [1.807, 2.05) is 27.7 Å². The Balaban J connectivity index is 2.27. The minimum atomic E-state index is -1.84. The average Bonchev–Trinajstić information content (AvgIpc) is 2.60. The molecule has 7 heteroatoms. The Kier molecular flexibility index (Phi) is 7.32. The van der Waals surface area contributed by atoms with Crippen molar-refractivity contribution in [2.24, 2.45) is 0 Å². The van der Waals surface area contributed by atoms with Crippen LogP contribution in [0, 0.1) is 5.82 Å². The van der Waals surface area contributed by atoms with E-state index in [0.29, 0.717) is 21.7 Å². The van der Waals surface area contributed by atoms with Gasteiger partial charge < -0.3 is 15.0 Å². The topological polar surface area (TPSA) is 84.4 Å². The lowest BCUT2D eigenvalue weighted by atomic mass is 9.92. The first kappa shape index (κ1) is 23.2. The van der Waals surface area contributed by atoms with Crippen molar-refractivity contribution in [3.63, 3.8) is 0 Å². The number of hydrogen-bond donors (Lipinski definition) is 3. The molecule has 2 rings (SSSR count). The Labute approximate surface area is 175 Å². The fourth-order valence-corrected chi connectivity index (χ4v) is 3.84. The van der Waals surface area contributed by atoms with Crippen molar-refractivity contribution in [1.29, 1.82) is 0 Å². The second kappa shape index (κ2) is 9.15. The van der Waals surface area contributed by atoms with Crippen LogP contribution in [0.5, 0.6) is 0 Å². The molecule has 2 amide bonds. The Bertz CT molecular complexity index is 879. The van der Waals surface area contributed by atoms with Crippen molar-refractivity contribution < 1.29 is 18.8 Å². The molecule has 0 radical (unpaired) electrons. The standard InChI is InChI=1S/C22H29FN2O3S/c1-13(2)17-10-11-18(23)19(14(3)4)20(17)24-21(26)25-29(28)16-9-7-8-15(12-16)22(5,6)27/h7-14,27H,1-6H3,(H2,24,25,26). The van der Waals surface area contributed by atoms with Crippen molar-refractivity contribution in [2.45, 2.75) is 63.9 Å². The largest absolute Gasteiger partial charge is 0.588 e. The quantitative estimate of drug-likeness (QED) is 0.566. The number of anilines is 1. The van der Waals surface area contributed by atoms with Crippen LogP contribution in [0.25, 0.3) is 0 Å². The van der Waals surface area contributed by atoms with Gasteiger partial charge in [-0.1, -0.05) is 45.9 Å². The SMILES string of the molecule is CC(C)c1ccc(F)c(C(C)C)c1NC(=O)N[S+]([O-])c1cccc(C(C)(C)O)c1.